The fourth-order valence-electron chi connectivity index (χ4n) is 1.95. The Kier molecular flexibility index (Phi) is 5.50. The molecule has 0 spiro atoms. The number of halogens is 2. The van der Waals surface area contributed by atoms with Crippen LogP contribution in [0.4, 0.5) is 5.69 Å². The number of nitrogens with one attached hydrogen (secondary N) is 1. The van der Waals surface area contributed by atoms with Crippen LogP contribution in [-0.4, -0.2) is 4.92 Å². The van der Waals surface area contributed by atoms with Crippen molar-refractivity contribution in [2.45, 2.75) is 19.5 Å². The fraction of sp³-hybridized carbons (Fsp3) is 0.200. The molecular weight excluding hydrogens is 400 g/mol. The van der Waals surface area contributed by atoms with E-state index in [0.29, 0.717) is 11.0 Å². The van der Waals surface area contributed by atoms with Gasteiger partial charge < -0.3 is 5.32 Å². The summed E-state index contributed by atoms with van der Waals surface area (Å²) < 4.78 is 1.54. The molecule has 0 amide bonds. The van der Waals surface area contributed by atoms with Crippen molar-refractivity contribution in [3.05, 3.63) is 72.7 Å². The van der Waals surface area contributed by atoms with Gasteiger partial charge in [-0.25, -0.2) is 0 Å². The molecule has 1 unspecified atom stereocenters. The molecule has 1 N–H and O–H groups in total. The minimum Gasteiger partial charge on any atom is -0.306 e. The molecule has 0 saturated carbocycles. The van der Waals surface area contributed by atoms with Crippen molar-refractivity contribution in [1.29, 1.82) is 0 Å². The number of nitrogens with zero attached hydrogens (tertiary/aromatic N) is 1. The Hall–Kier alpha value is -1.24. The molecule has 110 valence electrons. The Labute approximate surface area is 140 Å². The van der Waals surface area contributed by atoms with Gasteiger partial charge in [-0.2, -0.15) is 0 Å². The highest BCUT2D eigenvalue weighted by molar-refractivity contribution is 9.10. The lowest BCUT2D eigenvalue weighted by Crippen LogP contribution is -2.18. The van der Waals surface area contributed by atoms with Gasteiger partial charge in [0.15, 0.2) is 0 Å². The van der Waals surface area contributed by atoms with Crippen molar-refractivity contribution >= 4 is 37.5 Å². The van der Waals surface area contributed by atoms with E-state index in [9.17, 15) is 10.1 Å². The summed E-state index contributed by atoms with van der Waals surface area (Å²) in [5, 5.41) is 14.3. The Balaban J connectivity index is 2.04. The van der Waals surface area contributed by atoms with Crippen LogP contribution >= 0.6 is 31.9 Å². The monoisotopic (exact) mass is 412 g/mol. The van der Waals surface area contributed by atoms with Gasteiger partial charge in [0.1, 0.15) is 0 Å². The van der Waals surface area contributed by atoms with Crippen LogP contribution < -0.4 is 5.32 Å². The Morgan fingerprint density at radius 3 is 2.48 bits per heavy atom. The third-order valence-electron chi connectivity index (χ3n) is 3.19. The molecule has 0 saturated heterocycles. The predicted octanol–water partition coefficient (Wildman–Crippen LogP) is 4.97. The average molecular weight is 414 g/mol. The summed E-state index contributed by atoms with van der Waals surface area (Å²) >= 11 is 6.60. The molecule has 2 rings (SSSR count). The molecule has 0 aliphatic rings. The summed E-state index contributed by atoms with van der Waals surface area (Å²) in [6.07, 6.45) is 0. The molecule has 2 aromatic carbocycles. The number of nitro benzene ring substituents is 1. The highest BCUT2D eigenvalue weighted by atomic mass is 79.9. The largest absolute Gasteiger partial charge is 0.306 e. The van der Waals surface area contributed by atoms with Gasteiger partial charge in [-0.15, -0.1) is 0 Å². The molecule has 0 bridgehead atoms. The van der Waals surface area contributed by atoms with E-state index in [4.69, 9.17) is 0 Å². The quantitative estimate of drug-likeness (QED) is 0.556. The summed E-state index contributed by atoms with van der Waals surface area (Å²) in [6.45, 7) is 2.64. The highest BCUT2D eigenvalue weighted by Crippen LogP contribution is 2.26. The van der Waals surface area contributed by atoms with Crippen LogP contribution in [-0.2, 0) is 6.54 Å². The number of hydrogen-bond acceptors (Lipinski definition) is 3. The van der Waals surface area contributed by atoms with Gasteiger partial charge in [0.25, 0.3) is 5.69 Å². The van der Waals surface area contributed by atoms with Crippen LogP contribution in [0.15, 0.2) is 51.4 Å². The summed E-state index contributed by atoms with van der Waals surface area (Å²) in [6, 6.07) is 13.4. The lowest BCUT2D eigenvalue weighted by atomic mass is 10.1. The van der Waals surface area contributed by atoms with Crippen molar-refractivity contribution in [3.8, 4) is 0 Å². The first-order chi connectivity index (χ1) is 9.97. The second-order valence-electron chi connectivity index (χ2n) is 4.70. The van der Waals surface area contributed by atoms with Gasteiger partial charge in [-0.05, 0) is 52.2 Å². The Bertz CT molecular complexity index is 645. The van der Waals surface area contributed by atoms with E-state index in [1.54, 1.807) is 12.1 Å². The average Bonchev–Trinajstić information content (AvgIpc) is 2.46. The second kappa shape index (κ2) is 7.15. The first-order valence-electron chi connectivity index (χ1n) is 6.39. The zero-order valence-corrected chi connectivity index (χ0v) is 14.5. The molecule has 0 heterocycles. The van der Waals surface area contributed by atoms with Gasteiger partial charge >= 0.3 is 0 Å². The highest BCUT2D eigenvalue weighted by Gasteiger charge is 2.12. The summed E-state index contributed by atoms with van der Waals surface area (Å²) in [4.78, 5) is 10.5. The molecule has 0 aliphatic heterocycles. The number of hydrogen-bond donors (Lipinski definition) is 1. The maximum atomic E-state index is 10.9. The minimum atomic E-state index is -0.383. The lowest BCUT2D eigenvalue weighted by Gasteiger charge is -2.14. The summed E-state index contributed by atoms with van der Waals surface area (Å²) in [5.41, 5.74) is 2.14. The smallest absolute Gasteiger partial charge is 0.283 e. The molecule has 1 atom stereocenters. The van der Waals surface area contributed by atoms with E-state index in [2.05, 4.69) is 44.1 Å². The van der Waals surface area contributed by atoms with Crippen LogP contribution in [0.2, 0.25) is 0 Å². The predicted molar refractivity (Wildman–Crippen MR) is 90.2 cm³/mol. The van der Waals surface area contributed by atoms with Gasteiger partial charge in [0.05, 0.1) is 9.40 Å². The molecule has 2 aromatic rings. The Morgan fingerprint density at radius 2 is 1.86 bits per heavy atom. The van der Waals surface area contributed by atoms with Gasteiger partial charge in [0.2, 0.25) is 0 Å². The van der Waals surface area contributed by atoms with Crippen LogP contribution in [0.1, 0.15) is 24.1 Å². The Morgan fingerprint density at radius 1 is 1.19 bits per heavy atom. The van der Waals surface area contributed by atoms with Crippen molar-refractivity contribution in [2.24, 2.45) is 0 Å². The topological polar surface area (TPSA) is 55.2 Å². The summed E-state index contributed by atoms with van der Waals surface area (Å²) in [7, 11) is 0. The molecule has 6 heteroatoms. The third-order valence-corrected chi connectivity index (χ3v) is 4.39. The molecule has 4 nitrogen and oxygen atoms in total. The van der Waals surface area contributed by atoms with Crippen molar-refractivity contribution in [3.63, 3.8) is 0 Å². The van der Waals surface area contributed by atoms with Crippen LogP contribution in [0.5, 0.6) is 0 Å². The summed E-state index contributed by atoms with van der Waals surface area (Å²) in [5.74, 6) is 0. The third kappa shape index (κ3) is 4.36. The van der Waals surface area contributed by atoms with Crippen LogP contribution in [0, 0.1) is 10.1 Å². The SMILES string of the molecule is CC(NCc1ccc(Br)c([N+](=O)[O-])c1)c1ccc(Br)cc1. The minimum absolute atomic E-state index is 0.0885. The first-order valence-corrected chi connectivity index (χ1v) is 7.97. The first kappa shape index (κ1) is 16.1. The van der Waals surface area contributed by atoms with E-state index in [-0.39, 0.29) is 16.7 Å². The van der Waals surface area contributed by atoms with E-state index >= 15 is 0 Å². The van der Waals surface area contributed by atoms with Crippen molar-refractivity contribution in [1.82, 2.24) is 5.32 Å². The standard InChI is InChI=1S/C15H14Br2N2O2/c1-10(12-3-5-13(16)6-4-12)18-9-11-2-7-14(17)15(8-11)19(20)21/h2-8,10,18H,9H2,1H3. The van der Waals surface area contributed by atoms with Crippen molar-refractivity contribution < 1.29 is 4.92 Å². The lowest BCUT2D eigenvalue weighted by molar-refractivity contribution is -0.385. The normalized spacial score (nSPS) is 12.1. The molecular formula is C15H14Br2N2O2. The maximum Gasteiger partial charge on any atom is 0.283 e. The van der Waals surface area contributed by atoms with E-state index < -0.39 is 0 Å². The van der Waals surface area contributed by atoms with E-state index in [0.717, 1.165) is 10.0 Å². The van der Waals surface area contributed by atoms with Crippen LogP contribution in [0.25, 0.3) is 0 Å². The molecule has 0 aromatic heterocycles. The number of nitro groups is 1. The zero-order chi connectivity index (χ0) is 15.4. The van der Waals surface area contributed by atoms with Gasteiger partial charge in [-0.3, -0.25) is 10.1 Å². The second-order valence-corrected chi connectivity index (χ2v) is 6.47. The van der Waals surface area contributed by atoms with Crippen molar-refractivity contribution in [2.75, 3.05) is 0 Å². The molecule has 0 aliphatic carbocycles. The molecule has 0 fully saturated rings. The molecule has 0 radical (unpaired) electrons. The number of benzene rings is 2. The van der Waals surface area contributed by atoms with E-state index in [1.807, 2.05) is 30.3 Å². The van der Waals surface area contributed by atoms with Gasteiger partial charge in [0, 0.05) is 23.1 Å². The fourth-order valence-corrected chi connectivity index (χ4v) is 2.60. The number of rotatable bonds is 5. The van der Waals surface area contributed by atoms with E-state index in [1.165, 1.54) is 5.56 Å². The maximum absolute atomic E-state index is 10.9. The zero-order valence-electron chi connectivity index (χ0n) is 11.3. The molecule has 21 heavy (non-hydrogen) atoms. The van der Waals surface area contributed by atoms with Crippen LogP contribution in [0.3, 0.4) is 0 Å². The van der Waals surface area contributed by atoms with Gasteiger partial charge in [-0.1, -0.05) is 34.1 Å².